The van der Waals surface area contributed by atoms with Crippen molar-refractivity contribution in [2.24, 2.45) is 0 Å². The Hall–Kier alpha value is -3.42. The molecule has 0 saturated carbocycles. The molecule has 156 valence electrons. The summed E-state index contributed by atoms with van der Waals surface area (Å²) in [6, 6.07) is 18.0. The third-order valence-corrected chi connectivity index (χ3v) is 5.05. The Morgan fingerprint density at radius 3 is 2.71 bits per heavy atom. The number of rotatable bonds is 4. The van der Waals surface area contributed by atoms with E-state index in [9.17, 15) is 4.79 Å². The lowest BCUT2D eigenvalue weighted by Gasteiger charge is -2.09. The highest BCUT2D eigenvalue weighted by molar-refractivity contribution is 7.80. The first-order valence-electron chi connectivity index (χ1n) is 9.36. The topological polar surface area (TPSA) is 76.4 Å². The molecular formula is C23H18ClN3O3S. The second-order valence-corrected chi connectivity index (χ2v) is 7.64. The van der Waals surface area contributed by atoms with E-state index in [2.05, 4.69) is 15.6 Å². The highest BCUT2D eigenvalue weighted by Gasteiger charge is 2.12. The van der Waals surface area contributed by atoms with E-state index in [0.717, 1.165) is 11.1 Å². The number of amides is 1. The number of nitrogens with zero attached hydrogens (tertiary/aromatic N) is 1. The molecule has 4 rings (SSSR count). The van der Waals surface area contributed by atoms with Crippen LogP contribution in [-0.2, 0) is 0 Å². The molecule has 8 heteroatoms. The van der Waals surface area contributed by atoms with Gasteiger partial charge in [-0.1, -0.05) is 29.3 Å². The van der Waals surface area contributed by atoms with Crippen LogP contribution in [0.25, 0.3) is 22.6 Å². The van der Waals surface area contributed by atoms with E-state index in [4.69, 9.17) is 33.0 Å². The molecule has 0 radical (unpaired) electrons. The minimum Gasteiger partial charge on any atom is -0.495 e. The highest BCUT2D eigenvalue weighted by atomic mass is 35.5. The van der Waals surface area contributed by atoms with Crippen molar-refractivity contribution in [3.63, 3.8) is 0 Å². The van der Waals surface area contributed by atoms with Crippen LogP contribution in [0.5, 0.6) is 5.75 Å². The zero-order valence-corrected chi connectivity index (χ0v) is 18.3. The quantitative estimate of drug-likeness (QED) is 0.394. The third kappa shape index (κ3) is 4.68. The van der Waals surface area contributed by atoms with Crippen LogP contribution >= 0.6 is 23.8 Å². The molecule has 0 fully saturated rings. The number of anilines is 1. The Bertz CT molecular complexity index is 1300. The summed E-state index contributed by atoms with van der Waals surface area (Å²) < 4.78 is 11.0. The van der Waals surface area contributed by atoms with Crippen molar-refractivity contribution in [2.75, 3.05) is 12.4 Å². The van der Waals surface area contributed by atoms with Crippen molar-refractivity contribution in [3.05, 3.63) is 76.8 Å². The van der Waals surface area contributed by atoms with E-state index >= 15 is 0 Å². The van der Waals surface area contributed by atoms with Crippen molar-refractivity contribution in [2.45, 2.75) is 6.92 Å². The molecule has 1 aromatic heterocycles. The Morgan fingerprint density at radius 1 is 1.13 bits per heavy atom. The van der Waals surface area contributed by atoms with Gasteiger partial charge < -0.3 is 14.5 Å². The number of fused-ring (bicyclic) bond motifs is 1. The molecule has 0 saturated heterocycles. The molecule has 1 heterocycles. The van der Waals surface area contributed by atoms with Crippen LogP contribution in [0.15, 0.2) is 65.1 Å². The van der Waals surface area contributed by atoms with Crippen molar-refractivity contribution in [1.29, 1.82) is 0 Å². The van der Waals surface area contributed by atoms with Gasteiger partial charge in [-0.3, -0.25) is 10.1 Å². The number of hydrogen-bond donors (Lipinski definition) is 2. The van der Waals surface area contributed by atoms with Crippen LogP contribution in [0.2, 0.25) is 5.02 Å². The van der Waals surface area contributed by atoms with Gasteiger partial charge in [0.25, 0.3) is 5.91 Å². The average Bonchev–Trinajstić information content (AvgIpc) is 3.17. The number of thiocarbonyl (C=S) groups is 1. The van der Waals surface area contributed by atoms with E-state index in [1.54, 1.807) is 49.6 Å². The number of oxazole rings is 1. The van der Waals surface area contributed by atoms with Gasteiger partial charge in [-0.2, -0.15) is 0 Å². The normalized spacial score (nSPS) is 10.7. The van der Waals surface area contributed by atoms with E-state index < -0.39 is 0 Å². The number of hydrogen-bond acceptors (Lipinski definition) is 5. The fourth-order valence-electron chi connectivity index (χ4n) is 3.05. The van der Waals surface area contributed by atoms with Gasteiger partial charge in [0.05, 0.1) is 12.1 Å². The molecule has 6 nitrogen and oxygen atoms in total. The number of ether oxygens (including phenoxy) is 1. The summed E-state index contributed by atoms with van der Waals surface area (Å²) in [6.07, 6.45) is 0. The van der Waals surface area contributed by atoms with Gasteiger partial charge in [0.2, 0.25) is 5.89 Å². The van der Waals surface area contributed by atoms with E-state index in [1.807, 2.05) is 25.1 Å². The van der Waals surface area contributed by atoms with Crippen molar-refractivity contribution in [3.8, 4) is 17.2 Å². The number of benzene rings is 3. The Kier molecular flexibility index (Phi) is 5.88. The lowest BCUT2D eigenvalue weighted by atomic mass is 10.1. The first kappa shape index (κ1) is 20.8. The Morgan fingerprint density at radius 2 is 1.97 bits per heavy atom. The molecule has 2 N–H and O–H groups in total. The SMILES string of the molecule is COc1ccc(-c2nc3cc(NC(=S)NC(=O)c4cccc(C)c4)ccc3o2)cc1Cl. The number of nitrogens with one attached hydrogen (secondary N) is 2. The van der Waals surface area contributed by atoms with Crippen molar-refractivity contribution < 1.29 is 13.9 Å². The molecule has 31 heavy (non-hydrogen) atoms. The minimum absolute atomic E-state index is 0.191. The lowest BCUT2D eigenvalue weighted by Crippen LogP contribution is -2.34. The van der Waals surface area contributed by atoms with Crippen LogP contribution in [0.1, 0.15) is 15.9 Å². The van der Waals surface area contributed by atoms with Gasteiger partial charge in [0.15, 0.2) is 10.7 Å². The molecule has 0 aliphatic rings. The molecule has 0 aliphatic carbocycles. The smallest absolute Gasteiger partial charge is 0.257 e. The first-order chi connectivity index (χ1) is 14.9. The summed E-state index contributed by atoms with van der Waals surface area (Å²) in [4.78, 5) is 16.9. The zero-order valence-electron chi connectivity index (χ0n) is 16.7. The molecular weight excluding hydrogens is 434 g/mol. The number of aromatic nitrogens is 1. The van der Waals surface area contributed by atoms with Crippen LogP contribution in [0.4, 0.5) is 5.69 Å². The largest absolute Gasteiger partial charge is 0.495 e. The second kappa shape index (κ2) is 8.75. The first-order valence-corrected chi connectivity index (χ1v) is 10.1. The van der Waals surface area contributed by atoms with Crippen molar-refractivity contribution in [1.82, 2.24) is 10.3 Å². The standard InChI is InChI=1S/C23H18ClN3O3S/c1-13-4-3-5-14(10-13)21(28)27-23(31)25-16-7-9-20-18(12-16)26-22(30-20)15-6-8-19(29-2)17(24)11-15/h3-12H,1-2H3,(H2,25,27,28,31). The van der Waals surface area contributed by atoms with Crippen LogP contribution in [0, 0.1) is 6.92 Å². The van der Waals surface area contributed by atoms with Crippen LogP contribution in [0.3, 0.4) is 0 Å². The fourth-order valence-corrected chi connectivity index (χ4v) is 3.52. The molecule has 3 aromatic carbocycles. The maximum atomic E-state index is 12.4. The molecule has 0 atom stereocenters. The van der Waals surface area contributed by atoms with E-state index in [0.29, 0.717) is 39.0 Å². The maximum Gasteiger partial charge on any atom is 0.257 e. The van der Waals surface area contributed by atoms with Gasteiger partial charge in [-0.05, 0) is 67.7 Å². The summed E-state index contributed by atoms with van der Waals surface area (Å²) in [5, 5.41) is 6.34. The Balaban J connectivity index is 1.49. The molecule has 0 bridgehead atoms. The summed E-state index contributed by atoms with van der Waals surface area (Å²) in [5.41, 5.74) is 4.20. The predicted octanol–water partition coefficient (Wildman–Crippen LogP) is 5.59. The molecule has 0 unspecified atom stereocenters. The Labute approximate surface area is 189 Å². The monoisotopic (exact) mass is 451 g/mol. The molecule has 4 aromatic rings. The van der Waals surface area contributed by atoms with Gasteiger partial charge in [-0.25, -0.2) is 4.98 Å². The highest BCUT2D eigenvalue weighted by Crippen LogP contribution is 2.32. The third-order valence-electron chi connectivity index (χ3n) is 4.55. The summed E-state index contributed by atoms with van der Waals surface area (Å²) in [6.45, 7) is 1.93. The number of carbonyl (C=O) groups is 1. The number of methoxy groups -OCH3 is 1. The summed E-state index contributed by atoms with van der Waals surface area (Å²) in [7, 11) is 1.56. The minimum atomic E-state index is -0.276. The molecule has 1 amide bonds. The second-order valence-electron chi connectivity index (χ2n) is 6.83. The van der Waals surface area contributed by atoms with Gasteiger partial charge in [0, 0.05) is 16.8 Å². The van der Waals surface area contributed by atoms with Crippen LogP contribution < -0.4 is 15.4 Å². The van der Waals surface area contributed by atoms with Crippen molar-refractivity contribution >= 4 is 51.6 Å². The summed E-state index contributed by atoms with van der Waals surface area (Å²) >= 11 is 11.5. The fraction of sp³-hybridized carbons (Fsp3) is 0.0870. The van der Waals surface area contributed by atoms with E-state index in [1.165, 1.54) is 0 Å². The zero-order chi connectivity index (χ0) is 22.0. The van der Waals surface area contributed by atoms with Gasteiger partial charge >= 0.3 is 0 Å². The number of carbonyl (C=O) groups excluding carboxylic acids is 1. The molecule has 0 aliphatic heterocycles. The number of halogens is 1. The average molecular weight is 452 g/mol. The number of aryl methyl sites for hydroxylation is 1. The molecule has 0 spiro atoms. The van der Waals surface area contributed by atoms with Gasteiger partial charge in [0.1, 0.15) is 11.3 Å². The van der Waals surface area contributed by atoms with Gasteiger partial charge in [-0.15, -0.1) is 0 Å². The lowest BCUT2D eigenvalue weighted by molar-refractivity contribution is 0.0977. The maximum absolute atomic E-state index is 12.4. The summed E-state index contributed by atoms with van der Waals surface area (Å²) in [5.74, 6) is 0.739. The van der Waals surface area contributed by atoms with E-state index in [-0.39, 0.29) is 11.0 Å². The predicted molar refractivity (Wildman–Crippen MR) is 126 cm³/mol. The van der Waals surface area contributed by atoms with Crippen LogP contribution in [-0.4, -0.2) is 23.1 Å².